The Morgan fingerprint density at radius 3 is 1.78 bits per heavy atom. The van der Waals surface area contributed by atoms with Gasteiger partial charge >= 0.3 is 0 Å². The van der Waals surface area contributed by atoms with Gasteiger partial charge in [0.05, 0.1) is 16.7 Å². The molecule has 0 aliphatic carbocycles. The summed E-state index contributed by atoms with van der Waals surface area (Å²) in [6, 6.07) is 83.7. The van der Waals surface area contributed by atoms with E-state index in [-0.39, 0.29) is 0 Å². The van der Waals surface area contributed by atoms with Crippen molar-refractivity contribution in [1.82, 2.24) is 4.57 Å². The van der Waals surface area contributed by atoms with Gasteiger partial charge in [0.15, 0.2) is 11.5 Å². The van der Waals surface area contributed by atoms with Gasteiger partial charge in [-0.3, -0.25) is 0 Å². The van der Waals surface area contributed by atoms with Crippen LogP contribution < -0.4 is 9.64 Å². The van der Waals surface area contributed by atoms with Crippen LogP contribution in [0.25, 0.3) is 93.2 Å². The summed E-state index contributed by atoms with van der Waals surface area (Å²) >= 11 is 0. The van der Waals surface area contributed by atoms with Gasteiger partial charge in [-0.15, -0.1) is 0 Å². The van der Waals surface area contributed by atoms with Crippen molar-refractivity contribution in [3.63, 3.8) is 0 Å². The summed E-state index contributed by atoms with van der Waals surface area (Å²) in [5, 5.41) is 9.93. The molecule has 1 aliphatic heterocycles. The van der Waals surface area contributed by atoms with E-state index in [0.717, 1.165) is 50.9 Å². The van der Waals surface area contributed by atoms with Crippen molar-refractivity contribution in [2.24, 2.45) is 0 Å². The third-order valence-corrected chi connectivity index (χ3v) is 12.9. The van der Waals surface area contributed by atoms with Gasteiger partial charge in [-0.05, 0) is 138 Å². The lowest BCUT2D eigenvalue weighted by Gasteiger charge is -2.27. The highest BCUT2D eigenvalue weighted by atomic mass is 16.5. The third-order valence-electron chi connectivity index (χ3n) is 12.9. The Hall–Kier alpha value is -8.40. The van der Waals surface area contributed by atoms with Gasteiger partial charge in [-0.25, -0.2) is 0 Å². The molecule has 63 heavy (non-hydrogen) atoms. The summed E-state index contributed by atoms with van der Waals surface area (Å²) in [7, 11) is 0. The van der Waals surface area contributed by atoms with Crippen LogP contribution in [0.15, 0.2) is 231 Å². The molecule has 11 aromatic carbocycles. The molecule has 0 saturated heterocycles. The Kier molecular flexibility index (Phi) is 7.91. The zero-order valence-electron chi connectivity index (χ0n) is 34.2. The molecule has 3 nitrogen and oxygen atoms in total. The summed E-state index contributed by atoms with van der Waals surface area (Å²) in [6.45, 7) is 0. The Balaban J connectivity index is 0.937. The Bertz CT molecular complexity index is 3780. The lowest BCUT2D eigenvalue weighted by molar-refractivity contribution is 0.476. The first-order valence-electron chi connectivity index (χ1n) is 21.6. The first-order chi connectivity index (χ1) is 31.2. The van der Waals surface area contributed by atoms with Crippen molar-refractivity contribution in [3.8, 4) is 50.6 Å². The minimum absolute atomic E-state index is 0.871. The quantitative estimate of drug-likeness (QED) is 0.156. The van der Waals surface area contributed by atoms with E-state index in [1.165, 1.54) is 70.9 Å². The normalized spacial score (nSPS) is 11.9. The summed E-state index contributed by atoms with van der Waals surface area (Å²) < 4.78 is 8.77. The summed E-state index contributed by atoms with van der Waals surface area (Å²) in [5.41, 5.74) is 13.7. The molecular formula is C60H38N2O. The van der Waals surface area contributed by atoms with E-state index in [4.69, 9.17) is 4.74 Å². The first kappa shape index (κ1) is 35.4. The molecule has 2 heterocycles. The topological polar surface area (TPSA) is 17.4 Å². The number of para-hydroxylation sites is 3. The smallest absolute Gasteiger partial charge is 0.152 e. The number of hydrogen-bond acceptors (Lipinski definition) is 2. The molecular weight excluding hydrogens is 765 g/mol. The third kappa shape index (κ3) is 5.75. The molecule has 0 unspecified atom stereocenters. The summed E-state index contributed by atoms with van der Waals surface area (Å²) in [4.78, 5) is 2.39. The molecule has 12 aromatic rings. The fraction of sp³-hybridized carbons (Fsp3) is 0. The molecule has 294 valence electrons. The summed E-state index contributed by atoms with van der Waals surface area (Å²) in [6.07, 6.45) is 0. The van der Waals surface area contributed by atoms with Crippen LogP contribution in [-0.4, -0.2) is 4.57 Å². The largest absolute Gasteiger partial charge is 0.453 e. The highest BCUT2D eigenvalue weighted by molar-refractivity contribution is 6.13. The van der Waals surface area contributed by atoms with Gasteiger partial charge in [-0.1, -0.05) is 158 Å². The van der Waals surface area contributed by atoms with E-state index in [0.29, 0.717) is 0 Å². The lowest BCUT2D eigenvalue weighted by Crippen LogP contribution is -2.10. The monoisotopic (exact) mass is 802 g/mol. The van der Waals surface area contributed by atoms with Crippen molar-refractivity contribution < 1.29 is 4.74 Å². The summed E-state index contributed by atoms with van der Waals surface area (Å²) in [5.74, 6) is 1.75. The molecule has 13 rings (SSSR count). The zero-order valence-corrected chi connectivity index (χ0v) is 34.2. The van der Waals surface area contributed by atoms with Crippen LogP contribution in [0.2, 0.25) is 0 Å². The predicted octanol–water partition coefficient (Wildman–Crippen LogP) is 16.8. The highest BCUT2D eigenvalue weighted by Gasteiger charge is 2.24. The minimum Gasteiger partial charge on any atom is -0.453 e. The predicted molar refractivity (Wildman–Crippen MR) is 264 cm³/mol. The number of ether oxygens (including phenoxy) is 1. The molecule has 0 fully saturated rings. The number of hydrogen-bond donors (Lipinski definition) is 0. The van der Waals surface area contributed by atoms with Gasteiger partial charge in [0.25, 0.3) is 0 Å². The molecule has 1 aliphatic rings. The van der Waals surface area contributed by atoms with Crippen molar-refractivity contribution in [2.75, 3.05) is 4.90 Å². The second kappa shape index (κ2) is 14.1. The van der Waals surface area contributed by atoms with Gasteiger partial charge in [0.1, 0.15) is 0 Å². The maximum Gasteiger partial charge on any atom is 0.152 e. The van der Waals surface area contributed by atoms with E-state index in [2.05, 4.69) is 228 Å². The molecule has 0 amide bonds. The van der Waals surface area contributed by atoms with Gasteiger partial charge < -0.3 is 14.2 Å². The molecule has 0 radical (unpaired) electrons. The molecule has 1 aromatic heterocycles. The number of anilines is 3. The second-order valence-corrected chi connectivity index (χ2v) is 16.5. The van der Waals surface area contributed by atoms with Crippen molar-refractivity contribution >= 4 is 71.2 Å². The first-order valence-corrected chi connectivity index (χ1v) is 21.6. The van der Waals surface area contributed by atoms with Crippen LogP contribution in [0, 0.1) is 0 Å². The van der Waals surface area contributed by atoms with Gasteiger partial charge in [0, 0.05) is 27.8 Å². The van der Waals surface area contributed by atoms with Crippen LogP contribution in [0.1, 0.15) is 0 Å². The molecule has 0 saturated carbocycles. The number of rotatable bonds is 6. The molecule has 0 atom stereocenters. The SMILES string of the molecule is c1cc(-c2ccc3c(c2)c2cccc4c2n3-c2ccccc2O4)cc(N(c2ccc(-c3ccc4c(ccc5ccccc54)c3)cc2)c2cccc(-c3cccc4ccccc34)c2)c1. The number of nitrogens with zero attached hydrogens (tertiary/aromatic N) is 2. The highest BCUT2D eigenvalue weighted by Crippen LogP contribution is 2.46. The zero-order chi connectivity index (χ0) is 41.4. The van der Waals surface area contributed by atoms with Crippen LogP contribution >= 0.6 is 0 Å². The Morgan fingerprint density at radius 2 is 0.905 bits per heavy atom. The average Bonchev–Trinajstić information content (AvgIpc) is 3.69. The Labute approximate surface area is 364 Å². The lowest BCUT2D eigenvalue weighted by atomic mass is 9.97. The van der Waals surface area contributed by atoms with E-state index in [1.807, 2.05) is 12.1 Å². The van der Waals surface area contributed by atoms with Crippen molar-refractivity contribution in [2.45, 2.75) is 0 Å². The van der Waals surface area contributed by atoms with E-state index >= 15 is 0 Å². The van der Waals surface area contributed by atoms with Crippen LogP contribution in [-0.2, 0) is 0 Å². The van der Waals surface area contributed by atoms with Crippen LogP contribution in [0.4, 0.5) is 17.1 Å². The number of fused-ring (bicyclic) bond motifs is 9. The fourth-order valence-corrected chi connectivity index (χ4v) is 9.95. The van der Waals surface area contributed by atoms with E-state index in [1.54, 1.807) is 0 Å². The second-order valence-electron chi connectivity index (χ2n) is 16.5. The maximum atomic E-state index is 6.41. The average molecular weight is 803 g/mol. The van der Waals surface area contributed by atoms with E-state index in [9.17, 15) is 0 Å². The molecule has 0 bridgehead atoms. The number of aromatic nitrogens is 1. The molecule has 0 spiro atoms. The standard InChI is InChI=1S/C60H38N2O/c1-3-18-50-40(11-1)13-9-20-52(50)45-15-8-17-49(37-45)61(47-31-27-39(28-32-47)43-29-33-53-46(35-43)26-25-41-12-2-4-19-51(41)53)48-16-7-14-42(36-48)44-30-34-56-55(38-44)54-21-10-24-59-60(54)62(56)57-22-5-6-23-58(57)63-59/h1-38H. The van der Waals surface area contributed by atoms with Crippen LogP contribution in [0.3, 0.4) is 0 Å². The van der Waals surface area contributed by atoms with Gasteiger partial charge in [-0.2, -0.15) is 0 Å². The van der Waals surface area contributed by atoms with Gasteiger partial charge in [0.2, 0.25) is 0 Å². The van der Waals surface area contributed by atoms with Crippen LogP contribution in [0.5, 0.6) is 11.5 Å². The number of benzene rings is 11. The maximum absolute atomic E-state index is 6.41. The minimum atomic E-state index is 0.871. The fourth-order valence-electron chi connectivity index (χ4n) is 9.95. The van der Waals surface area contributed by atoms with E-state index < -0.39 is 0 Å². The van der Waals surface area contributed by atoms with Crippen molar-refractivity contribution in [3.05, 3.63) is 231 Å². The molecule has 3 heteroatoms. The Morgan fingerprint density at radius 1 is 0.317 bits per heavy atom. The van der Waals surface area contributed by atoms with Crippen molar-refractivity contribution in [1.29, 1.82) is 0 Å². The molecule has 0 N–H and O–H groups in total.